The monoisotopic (exact) mass is 232 g/mol. The summed E-state index contributed by atoms with van der Waals surface area (Å²) in [6, 6.07) is 9.49. The van der Waals surface area contributed by atoms with E-state index in [4.69, 9.17) is 4.74 Å². The molecule has 0 saturated carbocycles. The molecule has 1 aromatic carbocycles. The SMILES string of the molecule is O=Cc1ccc(COCc2ccsc2)cc1. The smallest absolute Gasteiger partial charge is 0.150 e. The van der Waals surface area contributed by atoms with Crippen molar-refractivity contribution in [3.63, 3.8) is 0 Å². The number of aldehydes is 1. The van der Waals surface area contributed by atoms with Gasteiger partial charge in [0.2, 0.25) is 0 Å². The van der Waals surface area contributed by atoms with E-state index in [1.54, 1.807) is 23.5 Å². The van der Waals surface area contributed by atoms with E-state index in [1.807, 2.05) is 17.5 Å². The third kappa shape index (κ3) is 3.02. The van der Waals surface area contributed by atoms with E-state index in [9.17, 15) is 4.79 Å². The van der Waals surface area contributed by atoms with Gasteiger partial charge in [-0.3, -0.25) is 4.79 Å². The lowest BCUT2D eigenvalue weighted by atomic mass is 10.2. The van der Waals surface area contributed by atoms with Crippen molar-refractivity contribution in [1.29, 1.82) is 0 Å². The third-order valence-corrected chi connectivity index (χ3v) is 2.97. The van der Waals surface area contributed by atoms with Gasteiger partial charge in [-0.1, -0.05) is 24.3 Å². The third-order valence-electron chi connectivity index (χ3n) is 2.23. The number of carbonyl (C=O) groups is 1. The molecule has 0 atom stereocenters. The molecule has 0 aliphatic heterocycles. The van der Waals surface area contributed by atoms with Crippen molar-refractivity contribution < 1.29 is 9.53 Å². The van der Waals surface area contributed by atoms with E-state index in [2.05, 4.69) is 11.4 Å². The van der Waals surface area contributed by atoms with Crippen LogP contribution in [0.1, 0.15) is 21.5 Å². The Morgan fingerprint density at radius 3 is 2.44 bits per heavy atom. The molecule has 0 N–H and O–H groups in total. The lowest BCUT2D eigenvalue weighted by Gasteiger charge is -2.03. The number of carbonyl (C=O) groups excluding carboxylic acids is 1. The summed E-state index contributed by atoms with van der Waals surface area (Å²) in [7, 11) is 0. The maximum absolute atomic E-state index is 10.5. The highest BCUT2D eigenvalue weighted by atomic mass is 32.1. The minimum Gasteiger partial charge on any atom is -0.372 e. The van der Waals surface area contributed by atoms with Crippen molar-refractivity contribution in [2.75, 3.05) is 0 Å². The Kier molecular flexibility index (Phi) is 3.86. The molecule has 16 heavy (non-hydrogen) atoms. The molecule has 1 aromatic heterocycles. The summed E-state index contributed by atoms with van der Waals surface area (Å²) in [4.78, 5) is 10.5. The number of hydrogen-bond acceptors (Lipinski definition) is 3. The van der Waals surface area contributed by atoms with E-state index in [-0.39, 0.29) is 0 Å². The Balaban J connectivity index is 1.83. The summed E-state index contributed by atoms with van der Waals surface area (Å²) in [5.41, 5.74) is 2.98. The van der Waals surface area contributed by atoms with Crippen LogP contribution in [-0.4, -0.2) is 6.29 Å². The van der Waals surface area contributed by atoms with E-state index in [0.717, 1.165) is 11.8 Å². The first-order chi connectivity index (χ1) is 7.88. The summed E-state index contributed by atoms with van der Waals surface area (Å²) in [6.45, 7) is 1.22. The summed E-state index contributed by atoms with van der Waals surface area (Å²) < 4.78 is 5.56. The Morgan fingerprint density at radius 1 is 1.06 bits per heavy atom. The van der Waals surface area contributed by atoms with Crippen LogP contribution in [0.3, 0.4) is 0 Å². The average molecular weight is 232 g/mol. The molecule has 0 amide bonds. The van der Waals surface area contributed by atoms with Gasteiger partial charge in [-0.2, -0.15) is 11.3 Å². The molecule has 2 rings (SSSR count). The number of benzene rings is 1. The maximum atomic E-state index is 10.5. The minimum absolute atomic E-state index is 0.578. The molecule has 3 heteroatoms. The highest BCUT2D eigenvalue weighted by Crippen LogP contribution is 2.09. The van der Waals surface area contributed by atoms with Crippen LogP contribution in [0.2, 0.25) is 0 Å². The van der Waals surface area contributed by atoms with Gasteiger partial charge in [0.25, 0.3) is 0 Å². The summed E-state index contributed by atoms with van der Waals surface area (Å²) in [5.74, 6) is 0. The van der Waals surface area contributed by atoms with E-state index in [1.165, 1.54) is 5.56 Å². The van der Waals surface area contributed by atoms with Crippen LogP contribution in [0, 0.1) is 0 Å². The Morgan fingerprint density at radius 2 is 1.81 bits per heavy atom. The number of hydrogen-bond donors (Lipinski definition) is 0. The molecule has 82 valence electrons. The number of thiophene rings is 1. The van der Waals surface area contributed by atoms with Crippen LogP contribution in [0.25, 0.3) is 0 Å². The molecule has 0 fully saturated rings. The van der Waals surface area contributed by atoms with Crippen LogP contribution < -0.4 is 0 Å². The predicted molar refractivity (Wildman–Crippen MR) is 64.6 cm³/mol. The highest BCUT2D eigenvalue weighted by Gasteiger charge is 1.96. The Hall–Kier alpha value is -1.45. The molecule has 0 bridgehead atoms. The molecule has 2 nitrogen and oxygen atoms in total. The first kappa shape index (κ1) is 11.0. The summed E-state index contributed by atoms with van der Waals surface area (Å²) in [6.07, 6.45) is 0.843. The zero-order valence-corrected chi connectivity index (χ0v) is 9.57. The van der Waals surface area contributed by atoms with Gasteiger partial charge in [-0.05, 0) is 28.0 Å². The van der Waals surface area contributed by atoms with Crippen molar-refractivity contribution in [3.8, 4) is 0 Å². The molecule has 0 aliphatic carbocycles. The van der Waals surface area contributed by atoms with Crippen LogP contribution in [0.5, 0.6) is 0 Å². The fraction of sp³-hybridized carbons (Fsp3) is 0.154. The first-order valence-corrected chi connectivity index (χ1v) is 5.96. The lowest BCUT2D eigenvalue weighted by molar-refractivity contribution is 0.107. The second kappa shape index (κ2) is 5.58. The van der Waals surface area contributed by atoms with Gasteiger partial charge in [0.15, 0.2) is 0 Å². The Bertz CT molecular complexity index is 431. The van der Waals surface area contributed by atoms with Gasteiger partial charge in [0, 0.05) is 5.56 Å². The van der Waals surface area contributed by atoms with Crippen molar-refractivity contribution in [1.82, 2.24) is 0 Å². The van der Waals surface area contributed by atoms with Crippen molar-refractivity contribution in [2.24, 2.45) is 0 Å². The molecule has 0 radical (unpaired) electrons. The van der Waals surface area contributed by atoms with Crippen molar-refractivity contribution in [3.05, 3.63) is 57.8 Å². The fourth-order valence-electron chi connectivity index (χ4n) is 1.35. The Labute approximate surface area is 98.5 Å². The molecule has 2 aromatic rings. The minimum atomic E-state index is 0.578. The topological polar surface area (TPSA) is 26.3 Å². The first-order valence-electron chi connectivity index (χ1n) is 5.01. The standard InChI is InChI=1S/C13H12O2S/c14-7-11-1-3-12(4-2-11)8-15-9-13-5-6-16-10-13/h1-7,10H,8-9H2. The predicted octanol–water partition coefficient (Wildman–Crippen LogP) is 3.28. The molecular weight excluding hydrogens is 220 g/mol. The lowest BCUT2D eigenvalue weighted by Crippen LogP contribution is -1.93. The molecule has 1 heterocycles. The zero-order valence-electron chi connectivity index (χ0n) is 8.76. The normalized spacial score (nSPS) is 10.2. The fourth-order valence-corrected chi connectivity index (χ4v) is 2.01. The van der Waals surface area contributed by atoms with Crippen molar-refractivity contribution in [2.45, 2.75) is 13.2 Å². The summed E-state index contributed by atoms with van der Waals surface area (Å²) >= 11 is 1.67. The van der Waals surface area contributed by atoms with Crippen molar-refractivity contribution >= 4 is 17.6 Å². The highest BCUT2D eigenvalue weighted by molar-refractivity contribution is 7.07. The molecule has 0 spiro atoms. The van der Waals surface area contributed by atoms with Gasteiger partial charge < -0.3 is 4.74 Å². The second-order valence-electron chi connectivity index (χ2n) is 3.48. The summed E-state index contributed by atoms with van der Waals surface area (Å²) in [5, 5.41) is 4.12. The van der Waals surface area contributed by atoms with Crippen LogP contribution in [0.4, 0.5) is 0 Å². The quantitative estimate of drug-likeness (QED) is 0.739. The van der Waals surface area contributed by atoms with Crippen LogP contribution in [-0.2, 0) is 18.0 Å². The van der Waals surface area contributed by atoms with Gasteiger partial charge in [0.1, 0.15) is 6.29 Å². The molecular formula is C13H12O2S. The van der Waals surface area contributed by atoms with E-state index < -0.39 is 0 Å². The van der Waals surface area contributed by atoms with Crippen LogP contribution in [0.15, 0.2) is 41.1 Å². The van der Waals surface area contributed by atoms with Gasteiger partial charge in [-0.15, -0.1) is 0 Å². The largest absolute Gasteiger partial charge is 0.372 e. The van der Waals surface area contributed by atoms with Gasteiger partial charge >= 0.3 is 0 Å². The zero-order chi connectivity index (χ0) is 11.2. The van der Waals surface area contributed by atoms with Gasteiger partial charge in [0.05, 0.1) is 13.2 Å². The molecule has 0 unspecified atom stereocenters. The maximum Gasteiger partial charge on any atom is 0.150 e. The average Bonchev–Trinajstić information content (AvgIpc) is 2.83. The van der Waals surface area contributed by atoms with Crippen LogP contribution >= 0.6 is 11.3 Å². The molecule has 0 aliphatic rings. The van der Waals surface area contributed by atoms with Gasteiger partial charge in [-0.25, -0.2) is 0 Å². The van der Waals surface area contributed by atoms with E-state index in [0.29, 0.717) is 18.8 Å². The molecule has 0 saturated heterocycles. The number of ether oxygens (including phenoxy) is 1. The van der Waals surface area contributed by atoms with E-state index >= 15 is 0 Å². The number of rotatable bonds is 5. The second-order valence-corrected chi connectivity index (χ2v) is 4.26.